The summed E-state index contributed by atoms with van der Waals surface area (Å²) < 4.78 is 65.3. The van der Waals surface area contributed by atoms with Crippen molar-refractivity contribution >= 4 is 23.4 Å². The molecule has 1 aromatic carbocycles. The molecule has 3 aliphatic rings. The number of piperidine rings is 2. The fourth-order valence-corrected chi connectivity index (χ4v) is 5.09. The van der Waals surface area contributed by atoms with Gasteiger partial charge in [-0.2, -0.15) is 13.2 Å². The molecule has 0 aromatic heterocycles. The number of amides is 2. The molecule has 3 heterocycles. The van der Waals surface area contributed by atoms with E-state index in [0.717, 1.165) is 18.2 Å². The standard InChI is InChI=1S/C22H25ClF4N2O4/c23-17-10-15(24)1-2-19(17)33-20(22(25,26)27)13-3-6-28(7-4-13)21(31)29-8-5-18-14(11-29)9-16(30)12-32-18/h1-2,10,13-14,18,20H,3-9,11-12H2/t14-,18+,20?/m1/s1. The Morgan fingerprint density at radius 3 is 2.52 bits per heavy atom. The largest absolute Gasteiger partial charge is 0.479 e. The molecule has 0 spiro atoms. The first kappa shape index (κ1) is 24.1. The van der Waals surface area contributed by atoms with E-state index in [9.17, 15) is 27.2 Å². The van der Waals surface area contributed by atoms with Crippen LogP contribution in [0.5, 0.6) is 5.75 Å². The molecule has 3 aliphatic heterocycles. The maximum Gasteiger partial charge on any atom is 0.425 e. The zero-order chi connectivity index (χ0) is 23.8. The highest BCUT2D eigenvalue weighted by atomic mass is 35.5. The lowest BCUT2D eigenvalue weighted by molar-refractivity contribution is -0.213. The van der Waals surface area contributed by atoms with Crippen molar-refractivity contribution in [3.63, 3.8) is 0 Å². The maximum absolute atomic E-state index is 13.8. The summed E-state index contributed by atoms with van der Waals surface area (Å²) in [5.41, 5.74) is 0. The van der Waals surface area contributed by atoms with Gasteiger partial charge in [0.05, 0.1) is 11.1 Å². The van der Waals surface area contributed by atoms with E-state index in [1.165, 1.54) is 0 Å². The van der Waals surface area contributed by atoms with Gasteiger partial charge in [-0.1, -0.05) is 11.6 Å². The summed E-state index contributed by atoms with van der Waals surface area (Å²) in [6.45, 7) is 1.35. The van der Waals surface area contributed by atoms with Crippen LogP contribution in [0.3, 0.4) is 0 Å². The number of urea groups is 1. The van der Waals surface area contributed by atoms with Crippen molar-refractivity contribution in [2.45, 2.75) is 44.1 Å². The number of fused-ring (bicyclic) bond motifs is 1. The molecule has 3 saturated heterocycles. The third kappa shape index (κ3) is 5.54. The summed E-state index contributed by atoms with van der Waals surface area (Å²) >= 11 is 5.85. The van der Waals surface area contributed by atoms with Crippen LogP contribution in [0.1, 0.15) is 25.7 Å². The molecule has 4 rings (SSSR count). The number of ketones is 1. The van der Waals surface area contributed by atoms with Gasteiger partial charge in [0.15, 0.2) is 11.9 Å². The number of carbonyl (C=O) groups excluding carboxylic acids is 2. The minimum atomic E-state index is -4.65. The van der Waals surface area contributed by atoms with Gasteiger partial charge in [0.25, 0.3) is 0 Å². The number of nitrogens with zero attached hydrogens (tertiary/aromatic N) is 2. The summed E-state index contributed by atoms with van der Waals surface area (Å²) in [6, 6.07) is 2.75. The average Bonchev–Trinajstić information content (AvgIpc) is 2.77. The molecule has 0 N–H and O–H groups in total. The lowest BCUT2D eigenvalue weighted by Crippen LogP contribution is -2.55. The predicted molar refractivity (Wildman–Crippen MR) is 111 cm³/mol. The normalized spacial score (nSPS) is 25.5. The smallest absolute Gasteiger partial charge is 0.425 e. The molecule has 2 amide bonds. The Morgan fingerprint density at radius 2 is 1.85 bits per heavy atom. The van der Waals surface area contributed by atoms with Gasteiger partial charge in [0, 0.05) is 44.4 Å². The van der Waals surface area contributed by atoms with E-state index in [1.807, 2.05) is 0 Å². The molecule has 182 valence electrons. The second-order valence-corrected chi connectivity index (χ2v) is 9.26. The van der Waals surface area contributed by atoms with Gasteiger partial charge in [0.2, 0.25) is 0 Å². The van der Waals surface area contributed by atoms with Crippen molar-refractivity contribution in [3.8, 4) is 5.75 Å². The Hall–Kier alpha value is -2.07. The molecule has 6 nitrogen and oxygen atoms in total. The van der Waals surface area contributed by atoms with Crippen LogP contribution in [0, 0.1) is 17.7 Å². The molecule has 1 unspecified atom stereocenters. The number of Topliss-reactive ketones (excluding diaryl/α,β-unsaturated/α-hetero) is 1. The maximum atomic E-state index is 13.8. The zero-order valence-electron chi connectivity index (χ0n) is 17.8. The third-order valence-electron chi connectivity index (χ3n) is 6.59. The van der Waals surface area contributed by atoms with E-state index in [2.05, 4.69) is 0 Å². The summed E-state index contributed by atoms with van der Waals surface area (Å²) in [6.07, 6.45) is -5.55. The minimum Gasteiger partial charge on any atom is -0.479 e. The van der Waals surface area contributed by atoms with Crippen LogP contribution in [-0.2, 0) is 9.53 Å². The number of halogens is 5. The summed E-state index contributed by atoms with van der Waals surface area (Å²) in [7, 11) is 0. The van der Waals surface area contributed by atoms with Crippen LogP contribution in [-0.4, -0.2) is 72.8 Å². The highest BCUT2D eigenvalue weighted by Crippen LogP contribution is 2.37. The molecule has 0 bridgehead atoms. The third-order valence-corrected chi connectivity index (χ3v) is 6.89. The molecule has 33 heavy (non-hydrogen) atoms. The van der Waals surface area contributed by atoms with Crippen molar-refractivity contribution in [3.05, 3.63) is 29.0 Å². The van der Waals surface area contributed by atoms with Crippen LogP contribution in [0.4, 0.5) is 22.4 Å². The van der Waals surface area contributed by atoms with E-state index in [1.54, 1.807) is 9.80 Å². The Bertz CT molecular complexity index is 892. The quantitative estimate of drug-likeness (QED) is 0.590. The summed E-state index contributed by atoms with van der Waals surface area (Å²) in [4.78, 5) is 27.9. The number of rotatable bonds is 3. The van der Waals surface area contributed by atoms with E-state index in [4.69, 9.17) is 21.1 Å². The second-order valence-electron chi connectivity index (χ2n) is 8.85. The first-order chi connectivity index (χ1) is 15.6. The minimum absolute atomic E-state index is 0.0193. The van der Waals surface area contributed by atoms with Gasteiger partial charge in [0.1, 0.15) is 18.2 Å². The zero-order valence-corrected chi connectivity index (χ0v) is 18.6. The van der Waals surface area contributed by atoms with Crippen LogP contribution < -0.4 is 4.74 Å². The number of hydrogen-bond acceptors (Lipinski definition) is 4. The molecule has 1 aromatic rings. The Morgan fingerprint density at radius 1 is 1.15 bits per heavy atom. The lowest BCUT2D eigenvalue weighted by Gasteiger charge is -2.43. The van der Waals surface area contributed by atoms with Gasteiger partial charge < -0.3 is 19.3 Å². The van der Waals surface area contributed by atoms with Crippen molar-refractivity contribution < 1.29 is 36.6 Å². The monoisotopic (exact) mass is 492 g/mol. The topological polar surface area (TPSA) is 59.1 Å². The first-order valence-electron chi connectivity index (χ1n) is 11.0. The van der Waals surface area contributed by atoms with E-state index in [-0.39, 0.29) is 67.1 Å². The molecular formula is C22H25ClF4N2O4. The van der Waals surface area contributed by atoms with Crippen LogP contribution in [0.25, 0.3) is 0 Å². The van der Waals surface area contributed by atoms with Crippen molar-refractivity contribution in [2.24, 2.45) is 11.8 Å². The molecule has 0 radical (unpaired) electrons. The van der Waals surface area contributed by atoms with Gasteiger partial charge >= 0.3 is 12.2 Å². The summed E-state index contributed by atoms with van der Waals surface area (Å²) in [5, 5.41) is -0.231. The molecule has 3 atom stereocenters. The molecule has 3 fully saturated rings. The van der Waals surface area contributed by atoms with Gasteiger partial charge in [-0.25, -0.2) is 9.18 Å². The molecule has 11 heteroatoms. The average molecular weight is 493 g/mol. The number of likely N-dealkylation sites (tertiary alicyclic amines) is 2. The number of hydrogen-bond donors (Lipinski definition) is 0. The first-order valence-corrected chi connectivity index (χ1v) is 11.3. The number of ether oxygens (including phenoxy) is 2. The van der Waals surface area contributed by atoms with Crippen molar-refractivity contribution in [1.29, 1.82) is 0 Å². The molecule has 0 aliphatic carbocycles. The summed E-state index contributed by atoms with van der Waals surface area (Å²) in [5.74, 6) is -1.79. The van der Waals surface area contributed by atoms with Gasteiger partial charge in [-0.15, -0.1) is 0 Å². The van der Waals surface area contributed by atoms with E-state index in [0.29, 0.717) is 25.9 Å². The van der Waals surface area contributed by atoms with Crippen LogP contribution >= 0.6 is 11.6 Å². The predicted octanol–water partition coefficient (Wildman–Crippen LogP) is 4.30. The highest BCUT2D eigenvalue weighted by molar-refractivity contribution is 6.32. The Kier molecular flexibility index (Phi) is 7.04. The fraction of sp³-hybridized carbons (Fsp3) is 0.636. The molecule has 0 saturated carbocycles. The fourth-order valence-electron chi connectivity index (χ4n) is 4.88. The van der Waals surface area contributed by atoms with Gasteiger partial charge in [-0.05, 0) is 37.5 Å². The Balaban J connectivity index is 1.36. The highest BCUT2D eigenvalue weighted by Gasteiger charge is 2.48. The van der Waals surface area contributed by atoms with Crippen LogP contribution in [0.2, 0.25) is 5.02 Å². The molecular weight excluding hydrogens is 468 g/mol. The van der Waals surface area contributed by atoms with Crippen molar-refractivity contribution in [2.75, 3.05) is 32.8 Å². The SMILES string of the molecule is O=C1CO[C@H]2CCN(C(=O)N3CCC(C(Oc4ccc(F)cc4Cl)C(F)(F)F)CC3)C[C@H]2C1. The number of alkyl halides is 3. The lowest BCUT2D eigenvalue weighted by atomic mass is 9.88. The number of benzene rings is 1. The van der Waals surface area contributed by atoms with Crippen LogP contribution in [0.15, 0.2) is 18.2 Å². The number of carbonyl (C=O) groups is 2. The van der Waals surface area contributed by atoms with Crippen molar-refractivity contribution in [1.82, 2.24) is 9.80 Å². The Labute approximate surface area is 193 Å². The van der Waals surface area contributed by atoms with E-state index < -0.39 is 24.0 Å². The van der Waals surface area contributed by atoms with E-state index >= 15 is 0 Å². The second kappa shape index (κ2) is 9.66. The van der Waals surface area contributed by atoms with Gasteiger partial charge in [-0.3, -0.25) is 4.79 Å².